The summed E-state index contributed by atoms with van der Waals surface area (Å²) in [5.74, 6) is -0.981. The fourth-order valence-electron chi connectivity index (χ4n) is 3.18. The van der Waals surface area contributed by atoms with E-state index in [1.54, 1.807) is 6.92 Å². The summed E-state index contributed by atoms with van der Waals surface area (Å²) in [6.07, 6.45) is 0. The number of nitrogens with zero attached hydrogens (tertiary/aromatic N) is 3. The number of hydrogen-bond acceptors (Lipinski definition) is 5. The van der Waals surface area contributed by atoms with Crippen LogP contribution in [0.5, 0.6) is 0 Å². The SMILES string of the molecule is C[C@H](C(=O)N1CCNC1=O)N1CCN(S(=O)(=O)c2ccc(F)c(Cl)c2)CC1. The summed E-state index contributed by atoms with van der Waals surface area (Å²) in [4.78, 5) is 27.1. The van der Waals surface area contributed by atoms with Crippen molar-refractivity contribution in [1.29, 1.82) is 0 Å². The zero-order chi connectivity index (χ0) is 19.8. The second kappa shape index (κ2) is 7.70. The number of nitrogens with one attached hydrogen (secondary N) is 1. The van der Waals surface area contributed by atoms with Gasteiger partial charge in [0.05, 0.1) is 16.0 Å². The van der Waals surface area contributed by atoms with Gasteiger partial charge in [0.1, 0.15) is 5.82 Å². The Labute approximate surface area is 161 Å². The lowest BCUT2D eigenvalue weighted by Gasteiger charge is -2.37. The Balaban J connectivity index is 1.65. The molecule has 1 aromatic carbocycles. The highest BCUT2D eigenvalue weighted by Gasteiger charge is 2.36. The highest BCUT2D eigenvalue weighted by atomic mass is 35.5. The van der Waals surface area contributed by atoms with Gasteiger partial charge in [-0.2, -0.15) is 4.31 Å². The van der Waals surface area contributed by atoms with Crippen LogP contribution in [0.2, 0.25) is 5.02 Å². The Kier molecular flexibility index (Phi) is 5.71. The molecule has 11 heteroatoms. The molecule has 0 aromatic heterocycles. The third-order valence-electron chi connectivity index (χ3n) is 4.83. The molecule has 3 rings (SSSR count). The van der Waals surface area contributed by atoms with Crippen LogP contribution in [0, 0.1) is 5.82 Å². The zero-order valence-corrected chi connectivity index (χ0v) is 16.3. The number of carbonyl (C=O) groups excluding carboxylic acids is 2. The van der Waals surface area contributed by atoms with Crippen LogP contribution in [0.1, 0.15) is 6.92 Å². The second-order valence-corrected chi connectivity index (χ2v) is 8.76. The van der Waals surface area contributed by atoms with Gasteiger partial charge in [0.2, 0.25) is 15.9 Å². The van der Waals surface area contributed by atoms with E-state index in [2.05, 4.69) is 5.32 Å². The summed E-state index contributed by atoms with van der Waals surface area (Å²) in [5.41, 5.74) is 0. The molecule has 0 radical (unpaired) electrons. The van der Waals surface area contributed by atoms with Crippen molar-refractivity contribution in [2.45, 2.75) is 17.9 Å². The van der Waals surface area contributed by atoms with Crippen molar-refractivity contribution in [3.8, 4) is 0 Å². The molecule has 27 heavy (non-hydrogen) atoms. The number of sulfonamides is 1. The van der Waals surface area contributed by atoms with E-state index in [1.165, 1.54) is 15.3 Å². The first-order valence-corrected chi connectivity index (χ1v) is 10.3. The van der Waals surface area contributed by atoms with E-state index < -0.39 is 27.9 Å². The Hall–Kier alpha value is -1.75. The number of hydrogen-bond donors (Lipinski definition) is 1. The van der Waals surface area contributed by atoms with Gasteiger partial charge in [-0.05, 0) is 25.1 Å². The van der Waals surface area contributed by atoms with Gasteiger partial charge in [0.25, 0.3) is 0 Å². The van der Waals surface area contributed by atoms with Crippen molar-refractivity contribution in [3.63, 3.8) is 0 Å². The number of carbonyl (C=O) groups is 2. The number of benzene rings is 1. The lowest BCUT2D eigenvalue weighted by atomic mass is 10.2. The molecule has 2 heterocycles. The highest BCUT2D eigenvalue weighted by Crippen LogP contribution is 2.23. The monoisotopic (exact) mass is 418 g/mol. The number of amides is 3. The molecular formula is C16H20ClFN4O4S. The minimum Gasteiger partial charge on any atom is -0.336 e. The molecule has 0 aliphatic carbocycles. The Bertz CT molecular complexity index is 858. The predicted octanol–water partition coefficient (Wildman–Crippen LogP) is 0.726. The van der Waals surface area contributed by atoms with Crippen molar-refractivity contribution in [1.82, 2.24) is 19.4 Å². The number of urea groups is 1. The third kappa shape index (κ3) is 3.93. The zero-order valence-electron chi connectivity index (χ0n) is 14.7. The molecule has 148 valence electrons. The Morgan fingerprint density at radius 1 is 1.22 bits per heavy atom. The van der Waals surface area contributed by atoms with Crippen molar-refractivity contribution in [2.24, 2.45) is 0 Å². The third-order valence-corrected chi connectivity index (χ3v) is 7.01. The van der Waals surface area contributed by atoms with Crippen molar-refractivity contribution in [3.05, 3.63) is 29.0 Å². The summed E-state index contributed by atoms with van der Waals surface area (Å²) >= 11 is 5.69. The van der Waals surface area contributed by atoms with Crippen LogP contribution in [0.4, 0.5) is 9.18 Å². The van der Waals surface area contributed by atoms with E-state index in [1.807, 2.05) is 4.90 Å². The molecule has 0 bridgehead atoms. The molecule has 2 aliphatic rings. The van der Waals surface area contributed by atoms with Gasteiger partial charge in [-0.15, -0.1) is 0 Å². The molecule has 1 aromatic rings. The maximum Gasteiger partial charge on any atom is 0.324 e. The standard InChI is InChI=1S/C16H20ClFN4O4S/c1-11(15(23)22-5-4-19-16(22)24)20-6-8-21(9-7-20)27(25,26)12-2-3-14(18)13(17)10-12/h2-3,10-11H,4-9H2,1H3,(H,19,24)/t11-/m1/s1. The molecule has 2 aliphatic heterocycles. The van der Waals surface area contributed by atoms with Gasteiger partial charge >= 0.3 is 6.03 Å². The van der Waals surface area contributed by atoms with Crippen molar-refractivity contribution >= 4 is 33.6 Å². The Morgan fingerprint density at radius 2 is 1.89 bits per heavy atom. The normalized spacial score (nSPS) is 20.6. The van der Waals surface area contributed by atoms with Gasteiger partial charge in [-0.25, -0.2) is 17.6 Å². The maximum absolute atomic E-state index is 13.3. The fraction of sp³-hybridized carbons (Fsp3) is 0.500. The molecule has 0 unspecified atom stereocenters. The summed E-state index contributed by atoms with van der Waals surface area (Å²) in [6.45, 7) is 3.53. The molecule has 1 atom stereocenters. The van der Waals surface area contributed by atoms with Crippen molar-refractivity contribution < 1.29 is 22.4 Å². The summed E-state index contributed by atoms with van der Waals surface area (Å²) in [5, 5.41) is 2.33. The van der Waals surface area contributed by atoms with Gasteiger partial charge in [0, 0.05) is 39.3 Å². The van der Waals surface area contributed by atoms with Crippen LogP contribution >= 0.6 is 11.6 Å². The molecule has 8 nitrogen and oxygen atoms in total. The topological polar surface area (TPSA) is 90.0 Å². The summed E-state index contributed by atoms with van der Waals surface area (Å²) in [6, 6.07) is 2.37. The molecule has 0 spiro atoms. The average Bonchev–Trinajstić information content (AvgIpc) is 3.08. The maximum atomic E-state index is 13.3. The molecule has 3 amide bonds. The smallest absolute Gasteiger partial charge is 0.324 e. The summed E-state index contributed by atoms with van der Waals surface area (Å²) in [7, 11) is -3.80. The number of halogens is 2. The average molecular weight is 419 g/mol. The van der Waals surface area contributed by atoms with E-state index >= 15 is 0 Å². The Morgan fingerprint density at radius 3 is 2.44 bits per heavy atom. The molecule has 0 saturated carbocycles. The van der Waals surface area contributed by atoms with Crippen LogP contribution < -0.4 is 5.32 Å². The van der Waals surface area contributed by atoms with Gasteiger partial charge in [-0.1, -0.05) is 11.6 Å². The first-order chi connectivity index (χ1) is 12.7. The van der Waals surface area contributed by atoms with Crippen LogP contribution in [0.25, 0.3) is 0 Å². The largest absolute Gasteiger partial charge is 0.336 e. The van der Waals surface area contributed by atoms with E-state index in [-0.39, 0.29) is 28.9 Å². The van der Waals surface area contributed by atoms with Crippen LogP contribution in [0.15, 0.2) is 23.1 Å². The van der Waals surface area contributed by atoms with E-state index in [4.69, 9.17) is 11.6 Å². The summed E-state index contributed by atoms with van der Waals surface area (Å²) < 4.78 is 40.0. The first-order valence-electron chi connectivity index (χ1n) is 8.50. The minimum absolute atomic E-state index is 0.0692. The molecule has 2 fully saturated rings. The quantitative estimate of drug-likeness (QED) is 0.778. The predicted molar refractivity (Wildman–Crippen MR) is 96.3 cm³/mol. The second-order valence-electron chi connectivity index (χ2n) is 6.41. The molecular weight excluding hydrogens is 399 g/mol. The van der Waals surface area contributed by atoms with Gasteiger partial charge in [-0.3, -0.25) is 14.6 Å². The number of imide groups is 1. The van der Waals surface area contributed by atoms with Gasteiger partial charge in [0.15, 0.2) is 0 Å². The van der Waals surface area contributed by atoms with Crippen molar-refractivity contribution in [2.75, 3.05) is 39.3 Å². The minimum atomic E-state index is -3.80. The molecule has 1 N–H and O–H groups in total. The van der Waals surface area contributed by atoms with Crippen LogP contribution in [-0.2, 0) is 14.8 Å². The van der Waals surface area contributed by atoms with E-state index in [0.717, 1.165) is 12.1 Å². The van der Waals surface area contributed by atoms with Gasteiger partial charge < -0.3 is 5.32 Å². The van der Waals surface area contributed by atoms with E-state index in [9.17, 15) is 22.4 Å². The van der Waals surface area contributed by atoms with E-state index in [0.29, 0.717) is 26.2 Å². The molecule has 2 saturated heterocycles. The van der Waals surface area contributed by atoms with Crippen LogP contribution in [-0.4, -0.2) is 79.8 Å². The van der Waals surface area contributed by atoms with Crippen LogP contribution in [0.3, 0.4) is 0 Å². The first kappa shape index (κ1) is 20.0. The fourth-order valence-corrected chi connectivity index (χ4v) is 4.88. The lowest BCUT2D eigenvalue weighted by molar-refractivity contribution is -0.133. The highest BCUT2D eigenvalue weighted by molar-refractivity contribution is 7.89. The lowest BCUT2D eigenvalue weighted by Crippen LogP contribution is -2.55. The number of piperazine rings is 1. The number of rotatable bonds is 4.